The Morgan fingerprint density at radius 2 is 1.95 bits per heavy atom. The summed E-state index contributed by atoms with van der Waals surface area (Å²) in [5, 5.41) is 9.08. The number of carboxylic acids is 1. The first-order chi connectivity index (χ1) is 9.49. The van der Waals surface area contributed by atoms with Crippen LogP contribution in [0.15, 0.2) is 29.2 Å². The molecule has 1 aliphatic carbocycles. The van der Waals surface area contributed by atoms with Gasteiger partial charge < -0.3 is 5.11 Å². The van der Waals surface area contributed by atoms with Gasteiger partial charge in [0.1, 0.15) is 0 Å². The zero-order valence-electron chi connectivity index (χ0n) is 11.0. The molecule has 3 rings (SSSR count). The molecule has 0 aromatic heterocycles. The minimum absolute atomic E-state index is 0.0241. The molecule has 0 saturated heterocycles. The van der Waals surface area contributed by atoms with Crippen molar-refractivity contribution in [3.63, 3.8) is 0 Å². The van der Waals surface area contributed by atoms with Crippen molar-refractivity contribution in [2.24, 2.45) is 0 Å². The first kappa shape index (κ1) is 13.6. The van der Waals surface area contributed by atoms with Crippen LogP contribution in [0.4, 0.5) is 0 Å². The highest BCUT2D eigenvalue weighted by Crippen LogP contribution is 2.41. The van der Waals surface area contributed by atoms with Gasteiger partial charge in [0.15, 0.2) is 9.84 Å². The highest BCUT2D eigenvalue weighted by Gasteiger charge is 2.40. The summed E-state index contributed by atoms with van der Waals surface area (Å²) in [4.78, 5) is 13.4. The fourth-order valence-corrected chi connectivity index (χ4v) is 4.57. The Morgan fingerprint density at radius 1 is 1.25 bits per heavy atom. The molecule has 0 bridgehead atoms. The molecule has 1 saturated carbocycles. The Morgan fingerprint density at radius 3 is 2.60 bits per heavy atom. The molecule has 1 aliphatic heterocycles. The van der Waals surface area contributed by atoms with Crippen LogP contribution in [0.1, 0.15) is 30.9 Å². The number of fused-ring (bicyclic) bond motifs is 1. The Bertz CT molecular complexity index is 636. The van der Waals surface area contributed by atoms with Crippen molar-refractivity contribution in [2.75, 3.05) is 12.3 Å². The molecule has 5 nitrogen and oxygen atoms in total. The molecule has 108 valence electrons. The lowest BCUT2D eigenvalue weighted by Gasteiger charge is -2.34. The van der Waals surface area contributed by atoms with Crippen molar-refractivity contribution in [1.82, 2.24) is 4.90 Å². The lowest BCUT2D eigenvalue weighted by atomic mass is 10.0. The van der Waals surface area contributed by atoms with E-state index in [1.54, 1.807) is 12.1 Å². The molecule has 20 heavy (non-hydrogen) atoms. The molecule has 0 amide bonds. The molecule has 1 fully saturated rings. The van der Waals surface area contributed by atoms with E-state index in [-0.39, 0.29) is 24.4 Å². The van der Waals surface area contributed by atoms with Crippen LogP contribution in [0.2, 0.25) is 0 Å². The Hall–Kier alpha value is -1.40. The predicted octanol–water partition coefficient (Wildman–Crippen LogP) is 1.45. The number of carboxylic acid groups (broad SMARTS) is 1. The van der Waals surface area contributed by atoms with Crippen molar-refractivity contribution in [3.05, 3.63) is 29.8 Å². The van der Waals surface area contributed by atoms with Crippen LogP contribution in [0, 0.1) is 0 Å². The molecule has 0 spiro atoms. The van der Waals surface area contributed by atoms with Crippen LogP contribution in [0.5, 0.6) is 0 Å². The van der Waals surface area contributed by atoms with Crippen molar-refractivity contribution in [2.45, 2.75) is 36.2 Å². The summed E-state index contributed by atoms with van der Waals surface area (Å²) < 4.78 is 24.2. The van der Waals surface area contributed by atoms with Gasteiger partial charge in [-0.25, -0.2) is 8.42 Å². The van der Waals surface area contributed by atoms with Crippen LogP contribution in [0.3, 0.4) is 0 Å². The van der Waals surface area contributed by atoms with Crippen LogP contribution in [-0.2, 0) is 14.6 Å². The van der Waals surface area contributed by atoms with Crippen molar-refractivity contribution in [3.8, 4) is 0 Å². The van der Waals surface area contributed by atoms with Gasteiger partial charge >= 0.3 is 5.97 Å². The smallest absolute Gasteiger partial charge is 0.317 e. The second-order valence-electron chi connectivity index (χ2n) is 5.46. The Labute approximate surface area is 118 Å². The summed E-state index contributed by atoms with van der Waals surface area (Å²) >= 11 is 0. The topological polar surface area (TPSA) is 74.7 Å². The summed E-state index contributed by atoms with van der Waals surface area (Å²) in [6, 6.07) is 7.16. The quantitative estimate of drug-likeness (QED) is 0.910. The number of carbonyl (C=O) groups is 1. The normalized spacial score (nSPS) is 24.4. The van der Waals surface area contributed by atoms with E-state index < -0.39 is 15.8 Å². The molecule has 0 radical (unpaired) electrons. The van der Waals surface area contributed by atoms with Crippen molar-refractivity contribution in [1.29, 1.82) is 0 Å². The number of nitrogens with zero attached hydrogens (tertiary/aromatic N) is 1. The van der Waals surface area contributed by atoms with Gasteiger partial charge in [0, 0.05) is 12.1 Å². The third-order valence-electron chi connectivity index (χ3n) is 4.01. The number of sulfone groups is 1. The number of rotatable bonds is 4. The Kier molecular flexibility index (Phi) is 3.30. The minimum atomic E-state index is -3.22. The Balaban J connectivity index is 2.00. The highest BCUT2D eigenvalue weighted by molar-refractivity contribution is 7.91. The zero-order chi connectivity index (χ0) is 14.3. The lowest BCUT2D eigenvalue weighted by Crippen LogP contribution is -2.38. The first-order valence-corrected chi connectivity index (χ1v) is 8.43. The maximum absolute atomic E-state index is 12.1. The monoisotopic (exact) mass is 295 g/mol. The molecule has 6 heteroatoms. The first-order valence-electron chi connectivity index (χ1n) is 6.78. The average Bonchev–Trinajstić information content (AvgIpc) is 3.21. The molecule has 1 aromatic carbocycles. The summed E-state index contributed by atoms with van der Waals surface area (Å²) in [7, 11) is -3.22. The predicted molar refractivity (Wildman–Crippen MR) is 73.2 cm³/mol. The van der Waals surface area contributed by atoms with E-state index in [4.69, 9.17) is 5.11 Å². The van der Waals surface area contributed by atoms with E-state index in [0.717, 1.165) is 18.4 Å². The van der Waals surface area contributed by atoms with E-state index >= 15 is 0 Å². The largest absolute Gasteiger partial charge is 0.480 e. The second kappa shape index (κ2) is 4.86. The van der Waals surface area contributed by atoms with Gasteiger partial charge in [-0.1, -0.05) is 18.2 Å². The van der Waals surface area contributed by atoms with Crippen molar-refractivity contribution >= 4 is 15.8 Å². The van der Waals surface area contributed by atoms with Crippen LogP contribution < -0.4 is 0 Å². The van der Waals surface area contributed by atoms with Gasteiger partial charge in [-0.05, 0) is 30.9 Å². The van der Waals surface area contributed by atoms with E-state index in [0.29, 0.717) is 11.3 Å². The molecule has 1 unspecified atom stereocenters. The molecule has 1 heterocycles. The summed E-state index contributed by atoms with van der Waals surface area (Å²) in [5.41, 5.74) is 0.756. The molecular weight excluding hydrogens is 278 g/mol. The van der Waals surface area contributed by atoms with Gasteiger partial charge in [0.05, 0.1) is 17.2 Å². The molecule has 1 aromatic rings. The van der Waals surface area contributed by atoms with Crippen LogP contribution in [0.25, 0.3) is 0 Å². The minimum Gasteiger partial charge on any atom is -0.480 e. The van der Waals surface area contributed by atoms with Gasteiger partial charge in [-0.3, -0.25) is 9.69 Å². The van der Waals surface area contributed by atoms with Gasteiger partial charge in [-0.2, -0.15) is 0 Å². The van der Waals surface area contributed by atoms with Crippen LogP contribution in [-0.4, -0.2) is 42.7 Å². The number of benzene rings is 1. The van der Waals surface area contributed by atoms with Crippen LogP contribution >= 0.6 is 0 Å². The number of aliphatic carboxylic acids is 1. The van der Waals surface area contributed by atoms with E-state index in [1.165, 1.54) is 0 Å². The van der Waals surface area contributed by atoms with E-state index in [1.807, 2.05) is 17.0 Å². The average molecular weight is 295 g/mol. The molecular formula is C14H17NO4S. The summed E-state index contributed by atoms with van der Waals surface area (Å²) in [6.07, 6.45) is 2.47. The maximum atomic E-state index is 12.1. The molecule has 1 atom stereocenters. The fourth-order valence-electron chi connectivity index (χ4n) is 2.97. The summed E-state index contributed by atoms with van der Waals surface area (Å²) in [6.45, 7) is -0.0241. The van der Waals surface area contributed by atoms with Gasteiger partial charge in [-0.15, -0.1) is 0 Å². The number of hydrogen-bond donors (Lipinski definition) is 1. The van der Waals surface area contributed by atoms with Gasteiger partial charge in [0.2, 0.25) is 0 Å². The van der Waals surface area contributed by atoms with E-state index in [9.17, 15) is 13.2 Å². The lowest BCUT2D eigenvalue weighted by molar-refractivity contribution is -0.139. The second-order valence-corrected chi connectivity index (χ2v) is 7.54. The summed E-state index contributed by atoms with van der Waals surface area (Å²) in [5.74, 6) is -0.764. The maximum Gasteiger partial charge on any atom is 0.317 e. The zero-order valence-corrected chi connectivity index (χ0v) is 11.8. The third kappa shape index (κ3) is 2.45. The fraction of sp³-hybridized carbons (Fsp3) is 0.500. The van der Waals surface area contributed by atoms with E-state index in [2.05, 4.69) is 0 Å². The number of hydrogen-bond acceptors (Lipinski definition) is 4. The van der Waals surface area contributed by atoms with Crippen molar-refractivity contribution < 1.29 is 18.3 Å². The SMILES string of the molecule is O=C(O)CN(C1CC1)C1CCS(=O)(=O)c2ccccc21. The molecule has 1 N–H and O–H groups in total. The van der Waals surface area contributed by atoms with Gasteiger partial charge in [0.25, 0.3) is 0 Å². The third-order valence-corrected chi connectivity index (χ3v) is 5.82. The highest BCUT2D eigenvalue weighted by atomic mass is 32.2. The standard InChI is InChI=1S/C14H17NO4S/c16-14(17)9-15(10-5-6-10)12-7-8-20(18,19)13-4-2-1-3-11(12)13/h1-4,10,12H,5-9H2,(H,16,17). The molecule has 2 aliphatic rings.